The molecule has 234 valence electrons. The van der Waals surface area contributed by atoms with E-state index in [1.54, 1.807) is 47.5 Å². The highest BCUT2D eigenvalue weighted by Gasteiger charge is 2.49. The van der Waals surface area contributed by atoms with Crippen molar-refractivity contribution in [2.24, 2.45) is 0 Å². The monoisotopic (exact) mass is 659 g/mol. The molecule has 10 nitrogen and oxygen atoms in total. The quantitative estimate of drug-likeness (QED) is 0.315. The SMILES string of the molecule is CN(C)c1ccc2c(c1)C(C(=O)NOCc1ccccn1)C(c1ccc(Cl)cc1Cl)N(C1CCCCC1NS(C)(=O)=O)C2=O. The fraction of sp³-hybridized carbons (Fsp3) is 0.387. The minimum absolute atomic E-state index is 0.0296. The maximum Gasteiger partial charge on any atom is 0.255 e. The van der Waals surface area contributed by atoms with Crippen molar-refractivity contribution in [1.82, 2.24) is 20.1 Å². The van der Waals surface area contributed by atoms with Crippen LogP contribution in [-0.2, 0) is 26.3 Å². The summed E-state index contributed by atoms with van der Waals surface area (Å²) in [5.74, 6) is -1.77. The number of carbonyl (C=O) groups is 2. The third-order valence-corrected chi connectivity index (χ3v) is 9.40. The molecular formula is C31H35Cl2N5O5S. The number of sulfonamides is 1. The van der Waals surface area contributed by atoms with Crippen LogP contribution in [0.1, 0.15) is 64.8 Å². The van der Waals surface area contributed by atoms with Crippen LogP contribution in [0.2, 0.25) is 10.0 Å². The Balaban J connectivity index is 1.66. The van der Waals surface area contributed by atoms with Crippen LogP contribution in [-0.4, -0.2) is 62.6 Å². The summed E-state index contributed by atoms with van der Waals surface area (Å²) < 4.78 is 27.6. The van der Waals surface area contributed by atoms with E-state index in [1.165, 1.54) is 0 Å². The van der Waals surface area contributed by atoms with Gasteiger partial charge in [-0.25, -0.2) is 18.6 Å². The minimum atomic E-state index is -3.59. The molecule has 0 spiro atoms. The molecule has 0 radical (unpaired) electrons. The van der Waals surface area contributed by atoms with Gasteiger partial charge in [0, 0.05) is 53.7 Å². The molecule has 5 rings (SSSR count). The highest BCUT2D eigenvalue weighted by Crippen LogP contribution is 2.48. The molecular weight excluding hydrogens is 625 g/mol. The number of nitrogens with zero attached hydrogens (tertiary/aromatic N) is 3. The van der Waals surface area contributed by atoms with Gasteiger partial charge in [-0.15, -0.1) is 0 Å². The maximum atomic E-state index is 14.5. The lowest BCUT2D eigenvalue weighted by atomic mass is 9.76. The van der Waals surface area contributed by atoms with Crippen molar-refractivity contribution in [3.63, 3.8) is 0 Å². The Hall–Kier alpha value is -3.22. The van der Waals surface area contributed by atoms with E-state index in [0.29, 0.717) is 40.2 Å². The van der Waals surface area contributed by atoms with Crippen molar-refractivity contribution in [2.75, 3.05) is 25.3 Å². The van der Waals surface area contributed by atoms with Crippen molar-refractivity contribution in [1.29, 1.82) is 0 Å². The molecule has 44 heavy (non-hydrogen) atoms. The van der Waals surface area contributed by atoms with Crippen LogP contribution in [0, 0.1) is 0 Å². The molecule has 2 amide bonds. The number of carbonyl (C=O) groups excluding carboxylic acids is 2. The Morgan fingerprint density at radius 1 is 1.07 bits per heavy atom. The summed E-state index contributed by atoms with van der Waals surface area (Å²) in [6, 6.07) is 13.7. The normalized spacial score (nSPS) is 21.9. The van der Waals surface area contributed by atoms with Gasteiger partial charge in [0.05, 0.1) is 23.9 Å². The van der Waals surface area contributed by atoms with E-state index in [2.05, 4.69) is 15.2 Å². The average Bonchev–Trinajstić information content (AvgIpc) is 2.97. The zero-order chi connectivity index (χ0) is 31.6. The molecule has 13 heteroatoms. The molecule has 1 aromatic heterocycles. The highest BCUT2D eigenvalue weighted by atomic mass is 35.5. The number of fused-ring (bicyclic) bond motifs is 1. The van der Waals surface area contributed by atoms with E-state index < -0.39 is 40.0 Å². The number of amides is 2. The molecule has 4 atom stereocenters. The summed E-state index contributed by atoms with van der Waals surface area (Å²) >= 11 is 13.1. The van der Waals surface area contributed by atoms with Gasteiger partial charge in [-0.3, -0.25) is 19.4 Å². The summed E-state index contributed by atoms with van der Waals surface area (Å²) in [6.07, 6.45) is 5.40. The molecule has 1 fully saturated rings. The van der Waals surface area contributed by atoms with Crippen molar-refractivity contribution < 1.29 is 22.8 Å². The lowest BCUT2D eigenvalue weighted by Gasteiger charge is -2.49. The van der Waals surface area contributed by atoms with Crippen molar-refractivity contribution >= 4 is 50.7 Å². The van der Waals surface area contributed by atoms with Gasteiger partial charge in [-0.1, -0.05) is 48.2 Å². The molecule has 1 aliphatic carbocycles. The second kappa shape index (κ2) is 13.4. The number of hydrogen-bond acceptors (Lipinski definition) is 7. The Labute approximate surface area is 267 Å². The second-order valence-corrected chi connectivity index (χ2v) is 14.0. The molecule has 3 aromatic rings. The number of anilines is 1. The first-order chi connectivity index (χ1) is 20.9. The van der Waals surface area contributed by atoms with Crippen molar-refractivity contribution in [3.8, 4) is 0 Å². The summed E-state index contributed by atoms with van der Waals surface area (Å²) in [6.45, 7) is 0.0296. The zero-order valence-electron chi connectivity index (χ0n) is 24.7. The Kier molecular flexibility index (Phi) is 9.81. The number of pyridine rings is 1. The van der Waals surface area contributed by atoms with E-state index in [-0.39, 0.29) is 17.5 Å². The third kappa shape index (κ3) is 7.02. The van der Waals surface area contributed by atoms with Crippen LogP contribution in [0.3, 0.4) is 0 Å². The number of benzene rings is 2. The van der Waals surface area contributed by atoms with Gasteiger partial charge in [0.2, 0.25) is 10.0 Å². The number of hydrogen-bond donors (Lipinski definition) is 2. The van der Waals surface area contributed by atoms with E-state index in [9.17, 15) is 18.0 Å². The standard InChI is InChI=1S/C31H35Cl2N5O5S/c1-37(2)21-12-14-22-24(17-21)28(30(39)35-43-18-20-8-6-7-15-34-20)29(23-13-11-19(32)16-25(23)33)38(31(22)40)27-10-5-4-9-26(27)36-44(3,41)42/h6-8,11-17,26-29,36H,4-5,9-10,18H2,1-3H3,(H,35,39). The third-order valence-electron chi connectivity index (χ3n) is 8.10. The molecule has 0 saturated heterocycles. The first-order valence-electron chi connectivity index (χ1n) is 14.3. The lowest BCUT2D eigenvalue weighted by Crippen LogP contribution is -2.59. The molecule has 2 aromatic carbocycles. The molecule has 1 aliphatic heterocycles. The summed E-state index contributed by atoms with van der Waals surface area (Å²) in [5, 5.41) is 0.680. The Morgan fingerprint density at radius 3 is 2.52 bits per heavy atom. The van der Waals surface area contributed by atoms with Crippen LogP contribution in [0.4, 0.5) is 5.69 Å². The molecule has 0 bridgehead atoms. The van der Waals surface area contributed by atoms with Crippen molar-refractivity contribution in [2.45, 2.75) is 56.3 Å². The summed E-state index contributed by atoms with van der Waals surface area (Å²) in [7, 11) is 0.157. The van der Waals surface area contributed by atoms with Gasteiger partial charge in [-0.05, 0) is 66.4 Å². The topological polar surface area (TPSA) is 121 Å². The van der Waals surface area contributed by atoms with Crippen LogP contribution < -0.4 is 15.1 Å². The molecule has 4 unspecified atom stereocenters. The van der Waals surface area contributed by atoms with E-state index in [0.717, 1.165) is 24.8 Å². The first-order valence-corrected chi connectivity index (χ1v) is 17.0. The van der Waals surface area contributed by atoms with Crippen molar-refractivity contribution in [3.05, 3.63) is 93.2 Å². The largest absolute Gasteiger partial charge is 0.378 e. The van der Waals surface area contributed by atoms with Gasteiger partial charge in [0.1, 0.15) is 6.61 Å². The fourth-order valence-electron chi connectivity index (χ4n) is 6.17. The second-order valence-electron chi connectivity index (χ2n) is 11.4. The number of hydroxylamine groups is 1. The molecule has 2 heterocycles. The number of rotatable bonds is 9. The lowest BCUT2D eigenvalue weighted by molar-refractivity contribution is -0.138. The van der Waals surface area contributed by atoms with Gasteiger partial charge in [0.15, 0.2) is 0 Å². The average molecular weight is 661 g/mol. The number of nitrogens with one attached hydrogen (secondary N) is 2. The first kappa shape index (κ1) is 32.2. The van der Waals surface area contributed by atoms with E-state index in [4.69, 9.17) is 28.0 Å². The maximum absolute atomic E-state index is 14.5. The van der Waals surface area contributed by atoms with Gasteiger partial charge in [-0.2, -0.15) is 0 Å². The zero-order valence-corrected chi connectivity index (χ0v) is 27.0. The van der Waals surface area contributed by atoms with E-state index >= 15 is 0 Å². The number of halogens is 2. The van der Waals surface area contributed by atoms with Crippen LogP contribution in [0.25, 0.3) is 0 Å². The van der Waals surface area contributed by atoms with Gasteiger partial charge < -0.3 is 9.80 Å². The van der Waals surface area contributed by atoms with Crippen LogP contribution in [0.5, 0.6) is 0 Å². The molecule has 2 aliphatic rings. The smallest absolute Gasteiger partial charge is 0.255 e. The Bertz CT molecular complexity index is 1640. The fourth-order valence-corrected chi connectivity index (χ4v) is 7.52. The van der Waals surface area contributed by atoms with Crippen LogP contribution in [0.15, 0.2) is 60.8 Å². The minimum Gasteiger partial charge on any atom is -0.378 e. The highest BCUT2D eigenvalue weighted by molar-refractivity contribution is 7.88. The van der Waals surface area contributed by atoms with E-state index in [1.807, 2.05) is 37.2 Å². The van der Waals surface area contributed by atoms with Gasteiger partial charge in [0.25, 0.3) is 11.8 Å². The Morgan fingerprint density at radius 2 is 1.84 bits per heavy atom. The molecule has 1 saturated carbocycles. The predicted molar refractivity (Wildman–Crippen MR) is 170 cm³/mol. The van der Waals surface area contributed by atoms with Crippen LogP contribution >= 0.6 is 23.2 Å². The van der Waals surface area contributed by atoms with Gasteiger partial charge >= 0.3 is 0 Å². The number of aromatic nitrogens is 1. The molecule has 2 N–H and O–H groups in total. The predicted octanol–water partition coefficient (Wildman–Crippen LogP) is 4.84. The summed E-state index contributed by atoms with van der Waals surface area (Å²) in [4.78, 5) is 42.2. The summed E-state index contributed by atoms with van der Waals surface area (Å²) in [5.41, 5.74) is 5.39.